The molecule has 1 aliphatic carbocycles. The van der Waals surface area contributed by atoms with Crippen LogP contribution in [0.15, 0.2) is 24.3 Å². The molecule has 1 N–H and O–H groups in total. The molecule has 2 aliphatic rings. The first kappa shape index (κ1) is 26.9. The van der Waals surface area contributed by atoms with Gasteiger partial charge in [0.25, 0.3) is 0 Å². The van der Waals surface area contributed by atoms with Gasteiger partial charge in [0.05, 0.1) is 5.60 Å². The monoisotopic (exact) mass is 491 g/mol. The average molecular weight is 492 g/mol. The molecule has 0 radical (unpaired) electrons. The number of nitrogens with zero attached hydrogens (tertiary/aromatic N) is 1. The fourth-order valence-electron chi connectivity index (χ4n) is 6.31. The first-order valence-electron chi connectivity index (χ1n) is 13.6. The van der Waals surface area contributed by atoms with Crippen molar-refractivity contribution in [3.63, 3.8) is 0 Å². The van der Waals surface area contributed by atoms with Gasteiger partial charge in [-0.1, -0.05) is 43.7 Å². The van der Waals surface area contributed by atoms with E-state index in [9.17, 15) is 9.90 Å². The van der Waals surface area contributed by atoms with Gasteiger partial charge in [-0.3, -0.25) is 4.90 Å². The predicted molar refractivity (Wildman–Crippen MR) is 147 cm³/mol. The summed E-state index contributed by atoms with van der Waals surface area (Å²) in [6.07, 6.45) is 5.07. The van der Waals surface area contributed by atoms with Gasteiger partial charge >= 0.3 is 5.97 Å². The van der Waals surface area contributed by atoms with Gasteiger partial charge in [-0.25, -0.2) is 4.79 Å². The fraction of sp³-hybridized carbons (Fsp3) is 0.594. The van der Waals surface area contributed by atoms with Gasteiger partial charge < -0.3 is 9.84 Å². The summed E-state index contributed by atoms with van der Waals surface area (Å²) in [5.41, 5.74) is 9.03. The molecule has 0 bridgehead atoms. The third-order valence-corrected chi connectivity index (χ3v) is 8.45. The smallest absolute Gasteiger partial charge is 0.337 e. The van der Waals surface area contributed by atoms with Gasteiger partial charge in [-0.05, 0) is 112 Å². The lowest BCUT2D eigenvalue weighted by Gasteiger charge is -2.43. The average Bonchev–Trinajstić information content (AvgIpc) is 2.79. The number of hydrogen-bond donors (Lipinski definition) is 1. The maximum absolute atomic E-state index is 12.6. The molecular formula is C32H45NO3. The lowest BCUT2D eigenvalue weighted by molar-refractivity contribution is -0.160. The molecule has 0 saturated heterocycles. The van der Waals surface area contributed by atoms with Gasteiger partial charge in [-0.2, -0.15) is 0 Å². The third kappa shape index (κ3) is 5.55. The molecule has 1 atom stereocenters. The summed E-state index contributed by atoms with van der Waals surface area (Å²) in [4.78, 5) is 15.3. The summed E-state index contributed by atoms with van der Waals surface area (Å²) >= 11 is 0. The predicted octanol–water partition coefficient (Wildman–Crippen LogP) is 7.55. The summed E-state index contributed by atoms with van der Waals surface area (Å²) in [5, 5.41) is 10.3. The van der Waals surface area contributed by atoms with E-state index in [1.54, 1.807) is 0 Å². The largest absolute Gasteiger partial charge is 0.479 e. The Hall–Kier alpha value is -2.17. The molecule has 2 aromatic rings. The van der Waals surface area contributed by atoms with Crippen molar-refractivity contribution in [2.45, 2.75) is 112 Å². The topological polar surface area (TPSA) is 49.8 Å². The van der Waals surface area contributed by atoms with Crippen LogP contribution in [-0.2, 0) is 22.5 Å². The Labute approximate surface area is 218 Å². The first-order valence-corrected chi connectivity index (χ1v) is 13.6. The van der Waals surface area contributed by atoms with Crippen LogP contribution in [0.25, 0.3) is 11.1 Å². The van der Waals surface area contributed by atoms with Crippen molar-refractivity contribution in [2.75, 3.05) is 6.54 Å². The van der Waals surface area contributed by atoms with E-state index in [-0.39, 0.29) is 0 Å². The number of aryl methyl sites for hydroxylation is 1. The van der Waals surface area contributed by atoms with E-state index in [1.165, 1.54) is 47.9 Å². The molecule has 1 heterocycles. The molecule has 1 saturated carbocycles. The van der Waals surface area contributed by atoms with E-state index in [0.29, 0.717) is 11.5 Å². The minimum Gasteiger partial charge on any atom is -0.479 e. The summed E-state index contributed by atoms with van der Waals surface area (Å²) in [6, 6.07) is 9.14. The van der Waals surface area contributed by atoms with Crippen LogP contribution < -0.4 is 0 Å². The van der Waals surface area contributed by atoms with Crippen LogP contribution in [0.4, 0.5) is 0 Å². The molecule has 4 rings (SSSR count). The first-order chi connectivity index (χ1) is 16.8. The van der Waals surface area contributed by atoms with Crippen molar-refractivity contribution in [1.82, 2.24) is 4.90 Å². The molecule has 4 nitrogen and oxygen atoms in total. The van der Waals surface area contributed by atoms with Crippen LogP contribution in [0, 0.1) is 26.2 Å². The van der Waals surface area contributed by atoms with E-state index in [4.69, 9.17) is 4.74 Å². The highest BCUT2D eigenvalue weighted by Crippen LogP contribution is 2.44. The zero-order valence-corrected chi connectivity index (χ0v) is 23.6. The molecule has 4 heteroatoms. The number of hydrogen-bond acceptors (Lipinski definition) is 3. The van der Waals surface area contributed by atoms with Crippen molar-refractivity contribution in [2.24, 2.45) is 5.41 Å². The summed E-state index contributed by atoms with van der Waals surface area (Å²) in [6.45, 7) is 19.0. The Morgan fingerprint density at radius 2 is 1.64 bits per heavy atom. The minimum atomic E-state index is -1.01. The van der Waals surface area contributed by atoms with Crippen molar-refractivity contribution in [1.29, 1.82) is 0 Å². The van der Waals surface area contributed by atoms with Gasteiger partial charge in [0.1, 0.15) is 0 Å². The molecule has 0 unspecified atom stereocenters. The van der Waals surface area contributed by atoms with Crippen LogP contribution in [0.1, 0.15) is 99.8 Å². The van der Waals surface area contributed by atoms with Gasteiger partial charge in [-0.15, -0.1) is 0 Å². The number of carboxylic acids is 1. The van der Waals surface area contributed by atoms with Crippen LogP contribution in [0.3, 0.4) is 0 Å². The number of rotatable bonds is 5. The van der Waals surface area contributed by atoms with Crippen LogP contribution in [-0.4, -0.2) is 34.2 Å². The summed E-state index contributed by atoms with van der Waals surface area (Å²) in [7, 11) is 0. The quantitative estimate of drug-likeness (QED) is 0.469. The van der Waals surface area contributed by atoms with Gasteiger partial charge in [0, 0.05) is 24.7 Å². The number of carbonyl (C=O) groups is 1. The Kier molecular flexibility index (Phi) is 7.43. The number of benzene rings is 2. The third-order valence-electron chi connectivity index (χ3n) is 8.45. The highest BCUT2D eigenvalue weighted by molar-refractivity contribution is 5.84. The van der Waals surface area contributed by atoms with Crippen molar-refractivity contribution < 1.29 is 14.6 Å². The number of carboxylic acid groups (broad SMARTS) is 1. The minimum absolute atomic E-state index is 0.461. The normalized spacial score (nSPS) is 19.7. The Balaban J connectivity index is 1.83. The maximum atomic E-state index is 12.6. The summed E-state index contributed by atoms with van der Waals surface area (Å²) in [5.74, 6) is -0.928. The zero-order chi connectivity index (χ0) is 26.4. The molecular weight excluding hydrogens is 446 g/mol. The molecule has 0 aromatic heterocycles. The lowest BCUT2D eigenvalue weighted by Crippen LogP contribution is -2.43. The van der Waals surface area contributed by atoms with E-state index in [1.807, 2.05) is 20.8 Å². The molecule has 0 amide bonds. The van der Waals surface area contributed by atoms with Crippen LogP contribution >= 0.6 is 0 Å². The Bertz CT molecular complexity index is 1110. The number of ether oxygens (including phenoxy) is 1. The molecule has 2 aromatic carbocycles. The van der Waals surface area contributed by atoms with Gasteiger partial charge in [0.2, 0.25) is 0 Å². The highest BCUT2D eigenvalue weighted by atomic mass is 16.5. The molecule has 0 spiro atoms. The SMILES string of the molecule is Cc1ccc(-c2c(C)c3c(c(C)c2[C@H](OC(C)(C)C)C(=O)O)CCN(C2CCC(C)(C)CC2)C3)cc1. The standard InChI is InChI=1S/C32H45NO3/c1-20-9-11-23(12-10-20)27-22(3)26-19-33(24-13-16-32(7,8)17-14-24)18-15-25(26)21(2)28(27)29(30(34)35)36-31(4,5)6/h9-12,24,29H,13-19H2,1-8H3,(H,34,35)/t29-/m0/s1. The van der Waals surface area contributed by atoms with Crippen molar-refractivity contribution in [3.8, 4) is 11.1 Å². The van der Waals surface area contributed by atoms with Crippen molar-refractivity contribution >= 4 is 5.97 Å². The maximum Gasteiger partial charge on any atom is 0.337 e. The van der Waals surface area contributed by atoms with E-state index >= 15 is 0 Å². The molecule has 1 aliphatic heterocycles. The second-order valence-corrected chi connectivity index (χ2v) is 12.9. The lowest BCUT2D eigenvalue weighted by atomic mass is 9.74. The second-order valence-electron chi connectivity index (χ2n) is 12.9. The number of aliphatic carboxylic acids is 1. The highest BCUT2D eigenvalue weighted by Gasteiger charge is 2.36. The van der Waals surface area contributed by atoms with Crippen molar-refractivity contribution in [3.05, 3.63) is 57.6 Å². The Morgan fingerprint density at radius 3 is 2.19 bits per heavy atom. The molecule has 36 heavy (non-hydrogen) atoms. The second kappa shape index (κ2) is 9.95. The van der Waals surface area contributed by atoms with E-state index < -0.39 is 17.7 Å². The van der Waals surface area contributed by atoms with Gasteiger partial charge in [0.15, 0.2) is 6.10 Å². The molecule has 196 valence electrons. The fourth-order valence-corrected chi connectivity index (χ4v) is 6.31. The van der Waals surface area contributed by atoms with E-state index in [0.717, 1.165) is 41.8 Å². The van der Waals surface area contributed by atoms with Crippen LogP contribution in [0.2, 0.25) is 0 Å². The zero-order valence-electron chi connectivity index (χ0n) is 23.6. The molecule has 1 fully saturated rings. The van der Waals surface area contributed by atoms with Crippen LogP contribution in [0.5, 0.6) is 0 Å². The Morgan fingerprint density at radius 1 is 1.03 bits per heavy atom. The van der Waals surface area contributed by atoms with E-state index in [2.05, 4.69) is 63.8 Å². The summed E-state index contributed by atoms with van der Waals surface area (Å²) < 4.78 is 6.22. The number of fused-ring (bicyclic) bond motifs is 1.